The van der Waals surface area contributed by atoms with E-state index in [1.807, 2.05) is 7.05 Å². The lowest BCUT2D eigenvalue weighted by Gasteiger charge is -2.18. The van der Waals surface area contributed by atoms with Crippen molar-refractivity contribution in [3.05, 3.63) is 41.2 Å². The molecule has 0 aromatic heterocycles. The first-order valence-corrected chi connectivity index (χ1v) is 6.91. The van der Waals surface area contributed by atoms with E-state index in [-0.39, 0.29) is 5.82 Å². The molecule has 0 heterocycles. The van der Waals surface area contributed by atoms with Gasteiger partial charge in [-0.3, -0.25) is 0 Å². The van der Waals surface area contributed by atoms with Crippen molar-refractivity contribution in [1.82, 2.24) is 4.90 Å². The highest BCUT2D eigenvalue weighted by molar-refractivity contribution is 5.85. The van der Waals surface area contributed by atoms with Crippen LogP contribution in [-0.2, 0) is 11.3 Å². The number of halogens is 1. The number of carbonyl (C=O) groups is 1. The standard InChI is InChI=1S/C16H22FNO2/c1-3-4-5-10-18(2)12-14-6-8-15(17)11-13(14)7-9-16(19)20/h6-9,11H,3-5,10,12H2,1-2H3,(H,19,20). The van der Waals surface area contributed by atoms with Gasteiger partial charge in [0.2, 0.25) is 0 Å². The topological polar surface area (TPSA) is 40.5 Å². The summed E-state index contributed by atoms with van der Waals surface area (Å²) in [6, 6.07) is 4.50. The van der Waals surface area contributed by atoms with Gasteiger partial charge in [-0.1, -0.05) is 25.8 Å². The van der Waals surface area contributed by atoms with Gasteiger partial charge in [-0.2, -0.15) is 0 Å². The molecule has 20 heavy (non-hydrogen) atoms. The third-order valence-electron chi connectivity index (χ3n) is 3.10. The molecular weight excluding hydrogens is 257 g/mol. The van der Waals surface area contributed by atoms with Crippen LogP contribution in [0.3, 0.4) is 0 Å². The quantitative estimate of drug-likeness (QED) is 0.584. The largest absolute Gasteiger partial charge is 0.478 e. The molecule has 1 N–H and O–H groups in total. The highest BCUT2D eigenvalue weighted by Gasteiger charge is 2.06. The molecule has 0 fully saturated rings. The minimum atomic E-state index is -1.03. The number of hydrogen-bond donors (Lipinski definition) is 1. The summed E-state index contributed by atoms with van der Waals surface area (Å²) < 4.78 is 13.3. The third kappa shape index (κ3) is 5.97. The molecule has 0 saturated heterocycles. The maximum Gasteiger partial charge on any atom is 0.328 e. The molecular formula is C16H22FNO2. The summed E-state index contributed by atoms with van der Waals surface area (Å²) >= 11 is 0. The molecule has 1 aromatic carbocycles. The molecule has 1 rings (SSSR count). The first kappa shape index (κ1) is 16.4. The molecule has 0 radical (unpaired) electrons. The minimum absolute atomic E-state index is 0.354. The number of unbranched alkanes of at least 4 members (excludes halogenated alkanes) is 2. The summed E-state index contributed by atoms with van der Waals surface area (Å²) in [5, 5.41) is 8.67. The Morgan fingerprint density at radius 1 is 1.40 bits per heavy atom. The SMILES string of the molecule is CCCCCN(C)Cc1ccc(F)cc1C=CC(=O)O. The average Bonchev–Trinajstić information content (AvgIpc) is 2.39. The number of hydrogen-bond acceptors (Lipinski definition) is 2. The van der Waals surface area contributed by atoms with Crippen LogP contribution >= 0.6 is 0 Å². The van der Waals surface area contributed by atoms with Gasteiger partial charge in [0.1, 0.15) is 5.82 Å². The van der Waals surface area contributed by atoms with Crippen molar-refractivity contribution in [2.75, 3.05) is 13.6 Å². The maximum absolute atomic E-state index is 13.3. The first-order valence-electron chi connectivity index (χ1n) is 6.91. The predicted molar refractivity (Wildman–Crippen MR) is 78.9 cm³/mol. The number of benzene rings is 1. The molecule has 0 aliphatic carbocycles. The molecule has 0 aliphatic heterocycles. The lowest BCUT2D eigenvalue weighted by Crippen LogP contribution is -2.19. The average molecular weight is 279 g/mol. The molecule has 0 amide bonds. The number of rotatable bonds is 8. The van der Waals surface area contributed by atoms with E-state index in [0.717, 1.165) is 24.6 Å². The van der Waals surface area contributed by atoms with Crippen LogP contribution in [-0.4, -0.2) is 29.6 Å². The van der Waals surface area contributed by atoms with Crippen LogP contribution in [0.25, 0.3) is 6.08 Å². The lowest BCUT2D eigenvalue weighted by atomic mass is 10.1. The van der Waals surface area contributed by atoms with Crippen molar-refractivity contribution in [1.29, 1.82) is 0 Å². The highest BCUT2D eigenvalue weighted by Crippen LogP contribution is 2.15. The van der Waals surface area contributed by atoms with Gasteiger partial charge in [0.15, 0.2) is 0 Å². The van der Waals surface area contributed by atoms with Crippen molar-refractivity contribution in [2.24, 2.45) is 0 Å². The molecule has 0 atom stereocenters. The molecule has 0 bridgehead atoms. The Balaban J connectivity index is 2.75. The van der Waals surface area contributed by atoms with E-state index in [2.05, 4.69) is 11.8 Å². The van der Waals surface area contributed by atoms with E-state index in [9.17, 15) is 9.18 Å². The van der Waals surface area contributed by atoms with Gasteiger partial charge in [0.05, 0.1) is 0 Å². The van der Waals surface area contributed by atoms with Crippen LogP contribution < -0.4 is 0 Å². The monoisotopic (exact) mass is 279 g/mol. The Bertz CT molecular complexity index is 472. The molecule has 1 aromatic rings. The minimum Gasteiger partial charge on any atom is -0.478 e. The van der Waals surface area contributed by atoms with Gasteiger partial charge in [-0.25, -0.2) is 9.18 Å². The normalized spacial score (nSPS) is 11.4. The molecule has 0 spiro atoms. The van der Waals surface area contributed by atoms with Gasteiger partial charge < -0.3 is 10.0 Å². The Morgan fingerprint density at radius 3 is 2.80 bits per heavy atom. The van der Waals surface area contributed by atoms with Gasteiger partial charge in [0, 0.05) is 12.6 Å². The maximum atomic E-state index is 13.3. The van der Waals surface area contributed by atoms with Gasteiger partial charge in [-0.05, 0) is 49.3 Å². The smallest absolute Gasteiger partial charge is 0.328 e. The fourth-order valence-corrected chi connectivity index (χ4v) is 2.03. The zero-order valence-electron chi connectivity index (χ0n) is 12.1. The summed E-state index contributed by atoms with van der Waals surface area (Å²) in [6.07, 6.45) is 5.99. The molecule has 0 saturated carbocycles. The summed E-state index contributed by atoms with van der Waals surface area (Å²) in [4.78, 5) is 12.7. The van der Waals surface area contributed by atoms with E-state index in [1.54, 1.807) is 6.07 Å². The van der Waals surface area contributed by atoms with Gasteiger partial charge in [0.25, 0.3) is 0 Å². The van der Waals surface area contributed by atoms with Gasteiger partial charge in [-0.15, -0.1) is 0 Å². The van der Waals surface area contributed by atoms with Crippen LogP contribution in [0.15, 0.2) is 24.3 Å². The molecule has 3 nitrogen and oxygen atoms in total. The van der Waals surface area contributed by atoms with E-state index in [1.165, 1.54) is 31.1 Å². The Hall–Kier alpha value is -1.68. The molecule has 0 aliphatic rings. The van der Waals surface area contributed by atoms with Crippen molar-refractivity contribution >= 4 is 12.0 Å². The fraction of sp³-hybridized carbons (Fsp3) is 0.438. The number of carboxylic acids is 1. The van der Waals surface area contributed by atoms with E-state index in [0.29, 0.717) is 12.1 Å². The number of nitrogens with zero attached hydrogens (tertiary/aromatic N) is 1. The second kappa shape index (κ2) is 8.48. The fourth-order valence-electron chi connectivity index (χ4n) is 2.03. The summed E-state index contributed by atoms with van der Waals surface area (Å²) in [5.41, 5.74) is 1.55. The summed E-state index contributed by atoms with van der Waals surface area (Å²) in [6.45, 7) is 3.82. The zero-order chi connectivity index (χ0) is 15.0. The van der Waals surface area contributed by atoms with Crippen LogP contribution in [0.5, 0.6) is 0 Å². The molecule has 0 unspecified atom stereocenters. The number of carboxylic acid groups (broad SMARTS) is 1. The number of aliphatic carboxylic acids is 1. The third-order valence-corrected chi connectivity index (χ3v) is 3.10. The predicted octanol–water partition coefficient (Wildman–Crippen LogP) is 3.55. The highest BCUT2D eigenvalue weighted by atomic mass is 19.1. The van der Waals surface area contributed by atoms with Crippen LogP contribution in [0, 0.1) is 5.82 Å². The second-order valence-corrected chi connectivity index (χ2v) is 4.96. The summed E-state index contributed by atoms with van der Waals surface area (Å²) in [7, 11) is 2.02. The van der Waals surface area contributed by atoms with Crippen molar-refractivity contribution in [3.8, 4) is 0 Å². The van der Waals surface area contributed by atoms with Crippen molar-refractivity contribution in [2.45, 2.75) is 32.7 Å². The van der Waals surface area contributed by atoms with Crippen LogP contribution in [0.4, 0.5) is 4.39 Å². The Labute approximate surface area is 119 Å². The van der Waals surface area contributed by atoms with Gasteiger partial charge >= 0.3 is 5.97 Å². The van der Waals surface area contributed by atoms with Crippen LogP contribution in [0.2, 0.25) is 0 Å². The van der Waals surface area contributed by atoms with E-state index < -0.39 is 5.97 Å². The molecule has 110 valence electrons. The zero-order valence-corrected chi connectivity index (χ0v) is 12.1. The molecule has 4 heteroatoms. The van der Waals surface area contributed by atoms with Crippen molar-refractivity contribution in [3.63, 3.8) is 0 Å². The van der Waals surface area contributed by atoms with Crippen LogP contribution in [0.1, 0.15) is 37.3 Å². The van der Waals surface area contributed by atoms with Crippen molar-refractivity contribution < 1.29 is 14.3 Å². The lowest BCUT2D eigenvalue weighted by molar-refractivity contribution is -0.131. The Kier molecular flexibility index (Phi) is 6.94. The second-order valence-electron chi connectivity index (χ2n) is 4.96. The Morgan fingerprint density at radius 2 is 2.15 bits per heavy atom. The van der Waals surface area contributed by atoms with E-state index in [4.69, 9.17) is 5.11 Å². The van der Waals surface area contributed by atoms with E-state index >= 15 is 0 Å². The summed E-state index contributed by atoms with van der Waals surface area (Å²) in [5.74, 6) is -1.39. The first-order chi connectivity index (χ1) is 9.52.